The Hall–Kier alpha value is -0.610. The van der Waals surface area contributed by atoms with E-state index in [0.29, 0.717) is 26.1 Å². The molecule has 19 heavy (non-hydrogen) atoms. The summed E-state index contributed by atoms with van der Waals surface area (Å²) in [5, 5.41) is 0. The van der Waals surface area contributed by atoms with Gasteiger partial charge in [-0.25, -0.2) is 0 Å². The Morgan fingerprint density at radius 3 is 2.63 bits per heavy atom. The van der Waals surface area contributed by atoms with Crippen molar-refractivity contribution >= 4 is 5.91 Å². The average molecular weight is 270 g/mol. The first-order valence-electron chi connectivity index (χ1n) is 7.64. The maximum Gasteiger partial charge on any atom is 0.222 e. The van der Waals surface area contributed by atoms with Crippen molar-refractivity contribution in [2.45, 2.75) is 71.0 Å². The first-order chi connectivity index (χ1) is 8.98. The van der Waals surface area contributed by atoms with Crippen molar-refractivity contribution in [3.63, 3.8) is 0 Å². The van der Waals surface area contributed by atoms with Crippen molar-refractivity contribution in [1.29, 1.82) is 0 Å². The zero-order valence-electron chi connectivity index (χ0n) is 12.8. The third kappa shape index (κ3) is 5.91. The van der Waals surface area contributed by atoms with Gasteiger partial charge in [0.1, 0.15) is 0 Å². The summed E-state index contributed by atoms with van der Waals surface area (Å²) in [6, 6.07) is 0. The van der Waals surface area contributed by atoms with E-state index in [1.807, 2.05) is 18.7 Å². The Labute approximate surface area is 117 Å². The fraction of sp³-hybridized carbons (Fsp3) is 0.933. The molecule has 0 aromatic carbocycles. The molecule has 2 N–H and O–H groups in total. The first kappa shape index (κ1) is 16.4. The van der Waals surface area contributed by atoms with Crippen molar-refractivity contribution < 1.29 is 9.53 Å². The minimum atomic E-state index is -0.278. The summed E-state index contributed by atoms with van der Waals surface area (Å²) in [5.74, 6) is 0.256. The second-order valence-corrected chi connectivity index (χ2v) is 6.17. The summed E-state index contributed by atoms with van der Waals surface area (Å²) in [4.78, 5) is 14.1. The van der Waals surface area contributed by atoms with Crippen LogP contribution in [0.4, 0.5) is 0 Å². The summed E-state index contributed by atoms with van der Waals surface area (Å²) in [6.45, 7) is 8.05. The van der Waals surface area contributed by atoms with Crippen LogP contribution in [0.15, 0.2) is 0 Å². The number of nitrogens with two attached hydrogens (primary N) is 1. The molecule has 4 heteroatoms. The standard InChI is InChI=1S/C15H30N2O2/c1-4-5-6-7-8-9-14(18)17-11-13(10-16)19-15(2,3)12-17/h13H,4-12,16H2,1-3H3. The second-order valence-electron chi connectivity index (χ2n) is 6.17. The first-order valence-corrected chi connectivity index (χ1v) is 7.64. The SMILES string of the molecule is CCCCCCCC(=O)N1CC(CN)OC(C)(C)C1. The molecule has 1 unspecified atom stereocenters. The summed E-state index contributed by atoms with van der Waals surface area (Å²) in [5.41, 5.74) is 5.40. The van der Waals surface area contributed by atoms with Gasteiger partial charge in [-0.2, -0.15) is 0 Å². The van der Waals surface area contributed by atoms with Crippen LogP contribution in [0.25, 0.3) is 0 Å². The van der Waals surface area contributed by atoms with Crippen LogP contribution in [0.1, 0.15) is 59.3 Å². The van der Waals surface area contributed by atoms with Crippen LogP contribution < -0.4 is 5.73 Å². The molecule has 112 valence electrons. The molecule has 0 aromatic rings. The fourth-order valence-electron chi connectivity index (χ4n) is 2.65. The van der Waals surface area contributed by atoms with Crippen LogP contribution in [0.2, 0.25) is 0 Å². The van der Waals surface area contributed by atoms with E-state index in [4.69, 9.17) is 10.5 Å². The maximum absolute atomic E-state index is 12.2. The van der Waals surface area contributed by atoms with Gasteiger partial charge in [0.25, 0.3) is 0 Å². The average Bonchev–Trinajstić information content (AvgIpc) is 2.36. The molecule has 0 radical (unpaired) electrons. The van der Waals surface area contributed by atoms with E-state index in [9.17, 15) is 4.79 Å². The number of hydrogen-bond acceptors (Lipinski definition) is 3. The third-order valence-electron chi connectivity index (χ3n) is 3.59. The summed E-state index contributed by atoms with van der Waals surface area (Å²) in [6.07, 6.45) is 6.56. The Bertz CT molecular complexity index is 279. The predicted molar refractivity (Wildman–Crippen MR) is 78.0 cm³/mol. The minimum absolute atomic E-state index is 0.0206. The van der Waals surface area contributed by atoms with Gasteiger partial charge in [0.15, 0.2) is 0 Å². The van der Waals surface area contributed by atoms with Gasteiger partial charge in [0.2, 0.25) is 5.91 Å². The van der Waals surface area contributed by atoms with E-state index in [1.54, 1.807) is 0 Å². The molecule has 1 fully saturated rings. The van der Waals surface area contributed by atoms with Crippen LogP contribution in [-0.4, -0.2) is 42.1 Å². The Balaban J connectivity index is 2.34. The number of unbranched alkanes of at least 4 members (excludes halogenated alkanes) is 4. The summed E-state index contributed by atoms with van der Waals surface area (Å²) < 4.78 is 5.84. The molecule has 1 atom stereocenters. The minimum Gasteiger partial charge on any atom is -0.367 e. The number of hydrogen-bond donors (Lipinski definition) is 1. The van der Waals surface area contributed by atoms with Crippen molar-refractivity contribution in [1.82, 2.24) is 4.90 Å². The maximum atomic E-state index is 12.2. The molecule has 1 aliphatic heterocycles. The fourth-order valence-corrected chi connectivity index (χ4v) is 2.65. The molecule has 1 heterocycles. The van der Waals surface area contributed by atoms with E-state index in [-0.39, 0.29) is 17.6 Å². The van der Waals surface area contributed by atoms with Crippen LogP contribution in [0, 0.1) is 0 Å². The molecule has 4 nitrogen and oxygen atoms in total. The van der Waals surface area contributed by atoms with E-state index >= 15 is 0 Å². The summed E-state index contributed by atoms with van der Waals surface area (Å²) >= 11 is 0. The predicted octanol–water partition coefficient (Wildman–Crippen LogP) is 2.31. The lowest BCUT2D eigenvalue weighted by molar-refractivity contribution is -0.159. The van der Waals surface area contributed by atoms with Crippen LogP contribution >= 0.6 is 0 Å². The van der Waals surface area contributed by atoms with Gasteiger partial charge in [0, 0.05) is 26.1 Å². The van der Waals surface area contributed by atoms with Gasteiger partial charge in [-0.05, 0) is 20.3 Å². The van der Waals surface area contributed by atoms with E-state index in [0.717, 1.165) is 12.8 Å². The molecule has 0 spiro atoms. The second kappa shape index (κ2) is 7.85. The number of morpholine rings is 1. The monoisotopic (exact) mass is 270 g/mol. The highest BCUT2D eigenvalue weighted by Crippen LogP contribution is 2.21. The number of amides is 1. The number of nitrogens with zero attached hydrogens (tertiary/aromatic N) is 1. The smallest absolute Gasteiger partial charge is 0.222 e. The molecular formula is C15H30N2O2. The molecule has 1 saturated heterocycles. The third-order valence-corrected chi connectivity index (χ3v) is 3.59. The van der Waals surface area contributed by atoms with Gasteiger partial charge in [-0.3, -0.25) is 4.79 Å². The van der Waals surface area contributed by atoms with Crippen LogP contribution in [0.5, 0.6) is 0 Å². The van der Waals surface area contributed by atoms with E-state index in [2.05, 4.69) is 6.92 Å². The van der Waals surface area contributed by atoms with Crippen LogP contribution in [-0.2, 0) is 9.53 Å². The zero-order chi connectivity index (χ0) is 14.3. The highest BCUT2D eigenvalue weighted by atomic mass is 16.5. The lowest BCUT2D eigenvalue weighted by atomic mass is 10.0. The Morgan fingerprint density at radius 2 is 2.00 bits per heavy atom. The van der Waals surface area contributed by atoms with Crippen molar-refractivity contribution in [3.05, 3.63) is 0 Å². The largest absolute Gasteiger partial charge is 0.367 e. The Kier molecular flexibility index (Phi) is 6.80. The van der Waals surface area contributed by atoms with E-state index < -0.39 is 0 Å². The molecule has 1 rings (SSSR count). The van der Waals surface area contributed by atoms with Gasteiger partial charge >= 0.3 is 0 Å². The number of ether oxygens (including phenoxy) is 1. The van der Waals surface area contributed by atoms with Gasteiger partial charge in [0.05, 0.1) is 11.7 Å². The van der Waals surface area contributed by atoms with Gasteiger partial charge in [-0.1, -0.05) is 32.6 Å². The topological polar surface area (TPSA) is 55.6 Å². The molecular weight excluding hydrogens is 240 g/mol. The quantitative estimate of drug-likeness (QED) is 0.722. The van der Waals surface area contributed by atoms with Crippen molar-refractivity contribution in [2.24, 2.45) is 5.73 Å². The normalized spacial score (nSPS) is 22.5. The highest BCUT2D eigenvalue weighted by Gasteiger charge is 2.34. The van der Waals surface area contributed by atoms with E-state index in [1.165, 1.54) is 19.3 Å². The molecule has 0 aromatic heterocycles. The molecule has 0 bridgehead atoms. The lowest BCUT2D eigenvalue weighted by Gasteiger charge is -2.42. The highest BCUT2D eigenvalue weighted by molar-refractivity contribution is 5.76. The molecule has 0 saturated carbocycles. The number of rotatable bonds is 7. The number of carbonyl (C=O) groups is 1. The van der Waals surface area contributed by atoms with Crippen LogP contribution in [0.3, 0.4) is 0 Å². The van der Waals surface area contributed by atoms with Crippen molar-refractivity contribution in [2.75, 3.05) is 19.6 Å². The molecule has 0 aliphatic carbocycles. The lowest BCUT2D eigenvalue weighted by Crippen LogP contribution is -2.56. The van der Waals surface area contributed by atoms with Gasteiger partial charge in [-0.15, -0.1) is 0 Å². The molecule has 1 aliphatic rings. The zero-order valence-corrected chi connectivity index (χ0v) is 12.8. The number of carbonyl (C=O) groups excluding carboxylic acids is 1. The molecule has 1 amide bonds. The summed E-state index contributed by atoms with van der Waals surface area (Å²) in [7, 11) is 0. The Morgan fingerprint density at radius 1 is 1.32 bits per heavy atom. The van der Waals surface area contributed by atoms with Crippen molar-refractivity contribution in [3.8, 4) is 0 Å². The van der Waals surface area contributed by atoms with Gasteiger partial charge < -0.3 is 15.4 Å².